The predicted molar refractivity (Wildman–Crippen MR) is 109 cm³/mol. The third-order valence-corrected chi connectivity index (χ3v) is 5.16. The second kappa shape index (κ2) is 7.82. The second-order valence-electron chi connectivity index (χ2n) is 7.36. The molecule has 2 heterocycles. The second-order valence-corrected chi connectivity index (χ2v) is 7.36. The molecular weight excluding hydrogens is 336 g/mol. The number of amides is 1. The number of carbonyl (C=O) groups is 1. The van der Waals surface area contributed by atoms with E-state index in [4.69, 9.17) is 0 Å². The number of hydrogen-bond donors (Lipinski definition) is 2. The zero-order chi connectivity index (χ0) is 18.6. The number of aromatic nitrogens is 2. The summed E-state index contributed by atoms with van der Waals surface area (Å²) in [5.41, 5.74) is 3.11. The van der Waals surface area contributed by atoms with E-state index < -0.39 is 0 Å². The number of fused-ring (bicyclic) bond motifs is 1. The summed E-state index contributed by atoms with van der Waals surface area (Å²) in [4.78, 5) is 16.6. The van der Waals surface area contributed by atoms with Crippen LogP contribution in [0.3, 0.4) is 0 Å². The number of benzene rings is 1. The first-order chi connectivity index (χ1) is 13.2. The average Bonchev–Trinajstić information content (AvgIpc) is 3.46. The van der Waals surface area contributed by atoms with Gasteiger partial charge in [0, 0.05) is 37.0 Å². The summed E-state index contributed by atoms with van der Waals surface area (Å²) in [6.45, 7) is 4.64. The lowest BCUT2D eigenvalue weighted by atomic mass is 10.2. The van der Waals surface area contributed by atoms with E-state index in [9.17, 15) is 4.79 Å². The SMILES string of the molecule is Cc1cc2ccccc2n1CCCNC(=O)c1ccc(NCC2CC2)nc1. The van der Waals surface area contributed by atoms with Gasteiger partial charge in [-0.1, -0.05) is 18.2 Å². The normalized spacial score (nSPS) is 13.7. The van der Waals surface area contributed by atoms with E-state index in [1.165, 1.54) is 29.4 Å². The van der Waals surface area contributed by atoms with Gasteiger partial charge in [-0.15, -0.1) is 0 Å². The third-order valence-electron chi connectivity index (χ3n) is 5.16. The molecule has 140 valence electrons. The van der Waals surface area contributed by atoms with Crippen LogP contribution < -0.4 is 10.6 Å². The summed E-state index contributed by atoms with van der Waals surface area (Å²) in [5.74, 6) is 1.58. The van der Waals surface area contributed by atoms with Crippen molar-refractivity contribution in [1.82, 2.24) is 14.9 Å². The van der Waals surface area contributed by atoms with E-state index in [1.54, 1.807) is 6.20 Å². The van der Waals surface area contributed by atoms with Crippen molar-refractivity contribution in [3.05, 3.63) is 59.9 Å². The summed E-state index contributed by atoms with van der Waals surface area (Å²) in [6.07, 6.45) is 5.16. The maximum atomic E-state index is 12.3. The topological polar surface area (TPSA) is 59.0 Å². The number of hydrogen-bond acceptors (Lipinski definition) is 3. The molecule has 1 amide bonds. The van der Waals surface area contributed by atoms with Gasteiger partial charge < -0.3 is 15.2 Å². The number of aryl methyl sites for hydroxylation is 2. The van der Waals surface area contributed by atoms with Crippen molar-refractivity contribution >= 4 is 22.6 Å². The van der Waals surface area contributed by atoms with Crippen LogP contribution in [-0.2, 0) is 6.54 Å². The summed E-state index contributed by atoms with van der Waals surface area (Å²) in [7, 11) is 0. The molecule has 3 aromatic rings. The maximum absolute atomic E-state index is 12.3. The Kier molecular flexibility index (Phi) is 5.10. The molecule has 0 radical (unpaired) electrons. The van der Waals surface area contributed by atoms with Crippen molar-refractivity contribution in [1.29, 1.82) is 0 Å². The Morgan fingerprint density at radius 1 is 1.22 bits per heavy atom. The monoisotopic (exact) mass is 362 g/mol. The molecule has 0 unspecified atom stereocenters. The number of carbonyl (C=O) groups excluding carboxylic acids is 1. The standard InChI is InChI=1S/C22H26N4O/c1-16-13-18-5-2-3-6-20(18)26(16)12-4-11-23-22(27)19-9-10-21(25-15-19)24-14-17-7-8-17/h2-3,5-6,9-10,13,15,17H,4,7-8,11-12,14H2,1H3,(H,23,27)(H,24,25). The minimum absolute atomic E-state index is 0.0645. The van der Waals surface area contributed by atoms with Gasteiger partial charge in [0.15, 0.2) is 0 Å². The van der Waals surface area contributed by atoms with Crippen LogP contribution in [0.2, 0.25) is 0 Å². The summed E-state index contributed by atoms with van der Waals surface area (Å²) >= 11 is 0. The van der Waals surface area contributed by atoms with E-state index in [1.807, 2.05) is 12.1 Å². The first-order valence-electron chi connectivity index (χ1n) is 9.74. The molecule has 1 saturated carbocycles. The van der Waals surface area contributed by atoms with E-state index in [2.05, 4.69) is 57.4 Å². The van der Waals surface area contributed by atoms with Gasteiger partial charge in [-0.3, -0.25) is 4.79 Å². The van der Waals surface area contributed by atoms with E-state index in [-0.39, 0.29) is 5.91 Å². The first-order valence-corrected chi connectivity index (χ1v) is 9.74. The van der Waals surface area contributed by atoms with Gasteiger partial charge in [-0.05, 0) is 61.8 Å². The van der Waals surface area contributed by atoms with Crippen LogP contribution >= 0.6 is 0 Å². The number of nitrogens with zero attached hydrogens (tertiary/aromatic N) is 2. The molecule has 27 heavy (non-hydrogen) atoms. The number of pyridine rings is 1. The zero-order valence-corrected chi connectivity index (χ0v) is 15.7. The van der Waals surface area contributed by atoms with Crippen molar-refractivity contribution in [2.24, 2.45) is 5.92 Å². The minimum atomic E-state index is -0.0645. The van der Waals surface area contributed by atoms with E-state index in [0.29, 0.717) is 12.1 Å². The molecule has 2 aromatic heterocycles. The molecule has 2 N–H and O–H groups in total. The van der Waals surface area contributed by atoms with Gasteiger partial charge in [0.05, 0.1) is 5.56 Å². The molecule has 1 aliphatic carbocycles. The average molecular weight is 362 g/mol. The molecule has 1 aliphatic rings. The van der Waals surface area contributed by atoms with Gasteiger partial charge in [0.25, 0.3) is 5.91 Å². The summed E-state index contributed by atoms with van der Waals surface area (Å²) in [5, 5.41) is 7.58. The fraction of sp³-hybridized carbons (Fsp3) is 0.364. The Bertz CT molecular complexity index is 925. The van der Waals surface area contributed by atoms with Crippen LogP contribution in [-0.4, -0.2) is 28.5 Å². The fourth-order valence-corrected chi connectivity index (χ4v) is 3.39. The summed E-state index contributed by atoms with van der Waals surface area (Å²) in [6, 6.07) is 14.3. The smallest absolute Gasteiger partial charge is 0.252 e. The van der Waals surface area contributed by atoms with Crippen LogP contribution in [0, 0.1) is 12.8 Å². The van der Waals surface area contributed by atoms with Crippen molar-refractivity contribution in [3.8, 4) is 0 Å². The highest BCUT2D eigenvalue weighted by Gasteiger charge is 2.20. The van der Waals surface area contributed by atoms with Crippen LogP contribution in [0.5, 0.6) is 0 Å². The lowest BCUT2D eigenvalue weighted by molar-refractivity contribution is 0.0952. The van der Waals surface area contributed by atoms with Crippen LogP contribution in [0.15, 0.2) is 48.7 Å². The zero-order valence-electron chi connectivity index (χ0n) is 15.7. The van der Waals surface area contributed by atoms with Crippen molar-refractivity contribution in [2.75, 3.05) is 18.4 Å². The minimum Gasteiger partial charge on any atom is -0.370 e. The van der Waals surface area contributed by atoms with Crippen molar-refractivity contribution in [2.45, 2.75) is 32.7 Å². The van der Waals surface area contributed by atoms with Gasteiger partial charge in [0.1, 0.15) is 5.82 Å². The molecular formula is C22H26N4O. The lowest BCUT2D eigenvalue weighted by Gasteiger charge is -2.10. The van der Waals surface area contributed by atoms with Gasteiger partial charge in [-0.25, -0.2) is 4.98 Å². The number of rotatable bonds is 8. The van der Waals surface area contributed by atoms with E-state index >= 15 is 0 Å². The Balaban J connectivity index is 1.26. The summed E-state index contributed by atoms with van der Waals surface area (Å²) < 4.78 is 2.31. The Morgan fingerprint density at radius 2 is 2.07 bits per heavy atom. The predicted octanol–water partition coefficient (Wildman–Crippen LogP) is 3.99. The van der Waals surface area contributed by atoms with Crippen molar-refractivity contribution in [3.63, 3.8) is 0 Å². The first kappa shape index (κ1) is 17.6. The molecule has 0 aliphatic heterocycles. The fourth-order valence-electron chi connectivity index (χ4n) is 3.39. The molecule has 5 nitrogen and oxygen atoms in total. The van der Waals surface area contributed by atoms with Crippen LogP contribution in [0.1, 0.15) is 35.3 Å². The largest absolute Gasteiger partial charge is 0.370 e. The quantitative estimate of drug-likeness (QED) is 0.596. The highest BCUT2D eigenvalue weighted by Crippen LogP contribution is 2.28. The number of anilines is 1. The number of para-hydroxylation sites is 1. The number of nitrogens with one attached hydrogen (secondary N) is 2. The van der Waals surface area contributed by atoms with Gasteiger partial charge in [-0.2, -0.15) is 0 Å². The van der Waals surface area contributed by atoms with Gasteiger partial charge >= 0.3 is 0 Å². The Morgan fingerprint density at radius 3 is 2.85 bits per heavy atom. The Labute approximate surface area is 159 Å². The molecule has 5 heteroatoms. The lowest BCUT2D eigenvalue weighted by Crippen LogP contribution is -2.25. The third kappa shape index (κ3) is 4.30. The van der Waals surface area contributed by atoms with Crippen LogP contribution in [0.25, 0.3) is 10.9 Å². The van der Waals surface area contributed by atoms with E-state index in [0.717, 1.165) is 31.2 Å². The molecule has 1 fully saturated rings. The molecule has 0 bridgehead atoms. The Hall–Kier alpha value is -2.82. The molecule has 0 atom stereocenters. The van der Waals surface area contributed by atoms with Gasteiger partial charge in [0.2, 0.25) is 0 Å². The molecule has 4 rings (SSSR count). The highest BCUT2D eigenvalue weighted by molar-refractivity contribution is 5.94. The molecule has 1 aromatic carbocycles. The highest BCUT2D eigenvalue weighted by atomic mass is 16.1. The molecule has 0 saturated heterocycles. The maximum Gasteiger partial charge on any atom is 0.252 e. The van der Waals surface area contributed by atoms with Crippen molar-refractivity contribution < 1.29 is 4.79 Å². The molecule has 0 spiro atoms. The van der Waals surface area contributed by atoms with Crippen LogP contribution in [0.4, 0.5) is 5.82 Å².